The van der Waals surface area contributed by atoms with Crippen LogP contribution in [0.1, 0.15) is 36.1 Å². The summed E-state index contributed by atoms with van der Waals surface area (Å²) in [7, 11) is 0. The molecule has 144 valence electrons. The highest BCUT2D eigenvalue weighted by Gasteiger charge is 2.31. The van der Waals surface area contributed by atoms with Crippen LogP contribution in [0.3, 0.4) is 0 Å². The average molecular weight is 395 g/mol. The standard InChI is InChI=1S/C21H21N3O3S/c1-3-14-7-4-6-13(2)20(14)23-19(26)12-28-21-16(11-22)15(10-18(25)24-21)17-8-5-9-27-17/h4-9,15H,3,10,12H2,1-2H3,(H,23,26)(H,24,25)/t15-/m1/s1. The number of thioether (sulfide) groups is 1. The number of furan rings is 1. The summed E-state index contributed by atoms with van der Waals surface area (Å²) < 4.78 is 5.39. The Morgan fingerprint density at radius 3 is 2.89 bits per heavy atom. The number of nitrogens with one attached hydrogen (secondary N) is 2. The molecule has 2 heterocycles. The number of hydrogen-bond donors (Lipinski definition) is 2. The number of allylic oxidation sites excluding steroid dienone is 1. The molecular weight excluding hydrogens is 374 g/mol. The summed E-state index contributed by atoms with van der Waals surface area (Å²) in [5.74, 6) is -0.157. The molecular formula is C21H21N3O3S. The third-order valence-electron chi connectivity index (χ3n) is 4.59. The number of hydrogen-bond acceptors (Lipinski definition) is 5. The number of rotatable bonds is 6. The van der Waals surface area contributed by atoms with E-state index in [1.165, 1.54) is 6.26 Å². The van der Waals surface area contributed by atoms with Gasteiger partial charge in [0.2, 0.25) is 11.8 Å². The van der Waals surface area contributed by atoms with E-state index in [0.717, 1.165) is 35.0 Å². The summed E-state index contributed by atoms with van der Waals surface area (Å²) in [6, 6.07) is 11.5. The summed E-state index contributed by atoms with van der Waals surface area (Å²) >= 11 is 1.15. The van der Waals surface area contributed by atoms with Crippen LogP contribution < -0.4 is 10.6 Å². The van der Waals surface area contributed by atoms with Crippen LogP contribution in [0.15, 0.2) is 51.6 Å². The van der Waals surface area contributed by atoms with Gasteiger partial charge in [0.25, 0.3) is 0 Å². The third-order valence-corrected chi connectivity index (χ3v) is 5.61. The van der Waals surface area contributed by atoms with Crippen molar-refractivity contribution in [2.24, 2.45) is 0 Å². The molecule has 7 heteroatoms. The molecule has 0 spiro atoms. The van der Waals surface area contributed by atoms with E-state index in [-0.39, 0.29) is 24.0 Å². The molecule has 6 nitrogen and oxygen atoms in total. The number of anilines is 1. The van der Waals surface area contributed by atoms with Crippen LogP contribution in [0.2, 0.25) is 0 Å². The summed E-state index contributed by atoms with van der Waals surface area (Å²) in [5.41, 5.74) is 3.31. The molecule has 1 atom stereocenters. The second kappa shape index (κ2) is 8.81. The van der Waals surface area contributed by atoms with Gasteiger partial charge in [0.05, 0.1) is 34.6 Å². The third kappa shape index (κ3) is 4.29. The lowest BCUT2D eigenvalue weighted by atomic mass is 9.92. The molecule has 0 saturated heterocycles. The maximum atomic E-state index is 12.5. The molecule has 0 bridgehead atoms. The highest BCUT2D eigenvalue weighted by molar-refractivity contribution is 8.03. The molecule has 28 heavy (non-hydrogen) atoms. The molecule has 1 aliphatic heterocycles. The Morgan fingerprint density at radius 1 is 1.39 bits per heavy atom. The van der Waals surface area contributed by atoms with E-state index in [1.54, 1.807) is 12.1 Å². The first-order valence-electron chi connectivity index (χ1n) is 9.02. The Balaban J connectivity index is 1.74. The van der Waals surface area contributed by atoms with Crippen LogP contribution in [0.5, 0.6) is 0 Å². The predicted octanol–water partition coefficient (Wildman–Crippen LogP) is 3.86. The molecule has 0 saturated carbocycles. The van der Waals surface area contributed by atoms with Crippen molar-refractivity contribution in [1.29, 1.82) is 5.26 Å². The van der Waals surface area contributed by atoms with E-state index in [2.05, 4.69) is 16.7 Å². The van der Waals surface area contributed by atoms with Crippen LogP contribution in [-0.4, -0.2) is 17.6 Å². The average Bonchev–Trinajstić information content (AvgIpc) is 3.22. The zero-order chi connectivity index (χ0) is 20.1. The van der Waals surface area contributed by atoms with Crippen molar-refractivity contribution in [2.45, 2.75) is 32.6 Å². The zero-order valence-electron chi connectivity index (χ0n) is 15.7. The molecule has 1 aromatic carbocycles. The van der Waals surface area contributed by atoms with Gasteiger partial charge >= 0.3 is 0 Å². The number of amides is 2. The van der Waals surface area contributed by atoms with Crippen molar-refractivity contribution in [3.63, 3.8) is 0 Å². The van der Waals surface area contributed by atoms with E-state index >= 15 is 0 Å². The van der Waals surface area contributed by atoms with Crippen LogP contribution in [0.4, 0.5) is 5.69 Å². The number of aryl methyl sites for hydroxylation is 2. The molecule has 3 rings (SSSR count). The Kier molecular flexibility index (Phi) is 6.22. The van der Waals surface area contributed by atoms with Crippen LogP contribution in [0, 0.1) is 18.3 Å². The highest BCUT2D eigenvalue weighted by Crippen LogP contribution is 2.36. The minimum Gasteiger partial charge on any atom is -0.469 e. The van der Waals surface area contributed by atoms with Gasteiger partial charge in [-0.1, -0.05) is 36.9 Å². The minimum absolute atomic E-state index is 0.0865. The topological polar surface area (TPSA) is 95.1 Å². The van der Waals surface area contributed by atoms with Gasteiger partial charge in [0.1, 0.15) is 5.76 Å². The Bertz CT molecular complexity index is 958. The van der Waals surface area contributed by atoms with Crippen LogP contribution in [-0.2, 0) is 16.0 Å². The molecule has 1 aliphatic rings. The van der Waals surface area contributed by atoms with Crippen molar-refractivity contribution >= 4 is 29.3 Å². The number of para-hydroxylation sites is 1. The summed E-state index contributed by atoms with van der Waals surface area (Å²) in [6.07, 6.45) is 2.48. The van der Waals surface area contributed by atoms with Gasteiger partial charge in [-0.15, -0.1) is 0 Å². The molecule has 0 radical (unpaired) electrons. The van der Waals surface area contributed by atoms with Crippen molar-refractivity contribution in [3.05, 3.63) is 64.1 Å². The van der Waals surface area contributed by atoms with E-state index in [4.69, 9.17) is 4.42 Å². The Morgan fingerprint density at radius 2 is 2.21 bits per heavy atom. The molecule has 2 aromatic rings. The van der Waals surface area contributed by atoms with Crippen molar-refractivity contribution in [1.82, 2.24) is 5.32 Å². The lowest BCUT2D eigenvalue weighted by Gasteiger charge is -2.23. The quantitative estimate of drug-likeness (QED) is 0.774. The fraction of sp³-hybridized carbons (Fsp3) is 0.286. The lowest BCUT2D eigenvalue weighted by molar-refractivity contribution is -0.121. The minimum atomic E-state index is -0.428. The second-order valence-electron chi connectivity index (χ2n) is 6.47. The molecule has 2 amide bonds. The van der Waals surface area contributed by atoms with E-state index in [0.29, 0.717) is 16.4 Å². The van der Waals surface area contributed by atoms with Gasteiger partial charge in [-0.2, -0.15) is 5.26 Å². The number of carbonyl (C=O) groups is 2. The van der Waals surface area contributed by atoms with Gasteiger partial charge in [-0.05, 0) is 36.6 Å². The van der Waals surface area contributed by atoms with Crippen LogP contribution in [0.25, 0.3) is 0 Å². The van der Waals surface area contributed by atoms with Gasteiger partial charge in [0.15, 0.2) is 0 Å². The fourth-order valence-electron chi connectivity index (χ4n) is 3.18. The highest BCUT2D eigenvalue weighted by atomic mass is 32.2. The first-order valence-corrected chi connectivity index (χ1v) is 10.0. The molecule has 2 N–H and O–H groups in total. The summed E-state index contributed by atoms with van der Waals surface area (Å²) in [4.78, 5) is 24.6. The van der Waals surface area contributed by atoms with Gasteiger partial charge in [0, 0.05) is 12.1 Å². The van der Waals surface area contributed by atoms with E-state index in [9.17, 15) is 14.9 Å². The predicted molar refractivity (Wildman–Crippen MR) is 108 cm³/mol. The van der Waals surface area contributed by atoms with Gasteiger partial charge < -0.3 is 15.1 Å². The van der Waals surface area contributed by atoms with Crippen molar-refractivity contribution < 1.29 is 14.0 Å². The van der Waals surface area contributed by atoms with E-state index in [1.807, 2.05) is 32.0 Å². The van der Waals surface area contributed by atoms with Crippen molar-refractivity contribution in [3.8, 4) is 6.07 Å². The molecule has 0 fully saturated rings. The van der Waals surface area contributed by atoms with Crippen LogP contribution >= 0.6 is 11.8 Å². The molecule has 1 aromatic heterocycles. The number of carbonyl (C=O) groups excluding carboxylic acids is 2. The van der Waals surface area contributed by atoms with Gasteiger partial charge in [-0.25, -0.2) is 0 Å². The first kappa shape index (κ1) is 19.8. The maximum Gasteiger partial charge on any atom is 0.234 e. The SMILES string of the molecule is CCc1cccc(C)c1NC(=O)CSC1=C(C#N)[C@H](c2ccco2)CC(=O)N1. The summed E-state index contributed by atoms with van der Waals surface area (Å²) in [5, 5.41) is 15.7. The monoisotopic (exact) mass is 395 g/mol. The van der Waals surface area contributed by atoms with E-state index < -0.39 is 5.92 Å². The maximum absolute atomic E-state index is 12.5. The Labute approximate surface area is 168 Å². The second-order valence-corrected chi connectivity index (χ2v) is 7.46. The molecule has 0 unspecified atom stereocenters. The smallest absolute Gasteiger partial charge is 0.234 e. The van der Waals surface area contributed by atoms with Crippen molar-refractivity contribution in [2.75, 3.05) is 11.1 Å². The number of benzene rings is 1. The fourth-order valence-corrected chi connectivity index (χ4v) is 4.06. The first-order chi connectivity index (χ1) is 13.5. The number of nitrogens with zero attached hydrogens (tertiary/aromatic N) is 1. The molecule has 0 aliphatic carbocycles. The zero-order valence-corrected chi connectivity index (χ0v) is 16.6. The van der Waals surface area contributed by atoms with Gasteiger partial charge in [-0.3, -0.25) is 9.59 Å². The normalized spacial score (nSPS) is 16.5. The Hall–Kier alpha value is -2.98. The number of nitriles is 1. The summed E-state index contributed by atoms with van der Waals surface area (Å²) in [6.45, 7) is 3.99. The lowest BCUT2D eigenvalue weighted by Crippen LogP contribution is -2.31. The largest absolute Gasteiger partial charge is 0.469 e.